The monoisotopic (exact) mass is 249 g/mol. The summed E-state index contributed by atoms with van der Waals surface area (Å²) in [5.74, 6) is 0.560. The van der Waals surface area contributed by atoms with E-state index in [-0.39, 0.29) is 0 Å². The Labute approximate surface area is 112 Å². The molecule has 0 fully saturated rings. The Hall–Kier alpha value is -0.860. The molecule has 102 valence electrons. The quantitative estimate of drug-likeness (QED) is 0.676. The van der Waals surface area contributed by atoms with Gasteiger partial charge < -0.3 is 10.1 Å². The summed E-state index contributed by atoms with van der Waals surface area (Å²) in [5, 5.41) is 3.53. The third kappa shape index (κ3) is 5.19. The van der Waals surface area contributed by atoms with Gasteiger partial charge in [-0.2, -0.15) is 0 Å². The van der Waals surface area contributed by atoms with Crippen molar-refractivity contribution in [1.82, 2.24) is 5.32 Å². The first-order valence-corrected chi connectivity index (χ1v) is 7.13. The summed E-state index contributed by atoms with van der Waals surface area (Å²) in [4.78, 5) is 0. The first-order valence-electron chi connectivity index (χ1n) is 7.13. The number of nitrogens with one attached hydrogen (secondary N) is 1. The molecule has 0 aliphatic carbocycles. The Morgan fingerprint density at radius 3 is 2.67 bits per heavy atom. The minimum Gasteiger partial charge on any atom is -0.382 e. The molecule has 0 aliphatic rings. The zero-order chi connectivity index (χ0) is 13.2. The summed E-state index contributed by atoms with van der Waals surface area (Å²) in [6.07, 6.45) is 2.28. The van der Waals surface area contributed by atoms with Crippen molar-refractivity contribution in [3.8, 4) is 0 Å². The SMILES string of the molecule is CCCNCC(CCOCC)c1ccccc1C. The van der Waals surface area contributed by atoms with E-state index in [0.29, 0.717) is 5.92 Å². The molecule has 0 bridgehead atoms. The highest BCUT2D eigenvalue weighted by Crippen LogP contribution is 2.22. The number of hydrogen-bond donors (Lipinski definition) is 1. The van der Waals surface area contributed by atoms with Crippen molar-refractivity contribution < 1.29 is 4.74 Å². The molecule has 18 heavy (non-hydrogen) atoms. The third-order valence-electron chi connectivity index (χ3n) is 3.26. The van der Waals surface area contributed by atoms with E-state index in [1.165, 1.54) is 17.5 Å². The molecule has 1 unspecified atom stereocenters. The Bertz CT molecular complexity index is 315. The highest BCUT2D eigenvalue weighted by Gasteiger charge is 2.12. The molecular formula is C16H27NO. The van der Waals surface area contributed by atoms with Crippen LogP contribution in [0.5, 0.6) is 0 Å². The maximum absolute atomic E-state index is 5.50. The van der Waals surface area contributed by atoms with Crippen LogP contribution in [0.3, 0.4) is 0 Å². The first-order chi connectivity index (χ1) is 8.79. The van der Waals surface area contributed by atoms with Gasteiger partial charge in [-0.15, -0.1) is 0 Å². The molecule has 0 aliphatic heterocycles. The predicted molar refractivity (Wildman–Crippen MR) is 78.2 cm³/mol. The van der Waals surface area contributed by atoms with Gasteiger partial charge in [-0.25, -0.2) is 0 Å². The van der Waals surface area contributed by atoms with Crippen LogP contribution in [-0.2, 0) is 4.74 Å². The average Bonchev–Trinajstić information content (AvgIpc) is 2.38. The van der Waals surface area contributed by atoms with Crippen LogP contribution >= 0.6 is 0 Å². The fourth-order valence-corrected chi connectivity index (χ4v) is 2.24. The molecule has 1 rings (SSSR count). The van der Waals surface area contributed by atoms with Crippen molar-refractivity contribution >= 4 is 0 Å². The van der Waals surface area contributed by atoms with E-state index in [2.05, 4.69) is 50.4 Å². The highest BCUT2D eigenvalue weighted by atomic mass is 16.5. The minimum absolute atomic E-state index is 0.560. The van der Waals surface area contributed by atoms with Gasteiger partial charge in [0, 0.05) is 19.8 Å². The van der Waals surface area contributed by atoms with Crippen molar-refractivity contribution in [3.63, 3.8) is 0 Å². The van der Waals surface area contributed by atoms with E-state index in [9.17, 15) is 0 Å². The summed E-state index contributed by atoms with van der Waals surface area (Å²) in [6.45, 7) is 10.3. The van der Waals surface area contributed by atoms with Crippen LogP contribution in [0, 0.1) is 6.92 Å². The van der Waals surface area contributed by atoms with E-state index in [4.69, 9.17) is 4.74 Å². The van der Waals surface area contributed by atoms with Crippen LogP contribution < -0.4 is 5.32 Å². The largest absolute Gasteiger partial charge is 0.382 e. The molecule has 0 aromatic heterocycles. The van der Waals surface area contributed by atoms with Gasteiger partial charge in [0.15, 0.2) is 0 Å². The molecule has 0 heterocycles. The van der Waals surface area contributed by atoms with Gasteiger partial charge in [0.2, 0.25) is 0 Å². The topological polar surface area (TPSA) is 21.3 Å². The van der Waals surface area contributed by atoms with Crippen LogP contribution in [0.2, 0.25) is 0 Å². The van der Waals surface area contributed by atoms with Crippen molar-refractivity contribution in [3.05, 3.63) is 35.4 Å². The molecule has 0 amide bonds. The van der Waals surface area contributed by atoms with Crippen molar-refractivity contribution in [2.24, 2.45) is 0 Å². The van der Waals surface area contributed by atoms with Gasteiger partial charge in [0.1, 0.15) is 0 Å². The van der Waals surface area contributed by atoms with Gasteiger partial charge in [-0.05, 0) is 50.3 Å². The molecule has 0 saturated carbocycles. The van der Waals surface area contributed by atoms with E-state index in [1.54, 1.807) is 0 Å². The van der Waals surface area contributed by atoms with Crippen LogP contribution in [-0.4, -0.2) is 26.3 Å². The first kappa shape index (κ1) is 15.2. The lowest BCUT2D eigenvalue weighted by Gasteiger charge is -2.20. The molecule has 0 saturated heterocycles. The summed E-state index contributed by atoms with van der Waals surface area (Å²) in [7, 11) is 0. The maximum Gasteiger partial charge on any atom is 0.0472 e. The normalized spacial score (nSPS) is 12.6. The standard InChI is InChI=1S/C16H27NO/c1-4-11-17-13-15(10-12-18-5-2)16-9-7-6-8-14(16)3/h6-9,15,17H,4-5,10-13H2,1-3H3. The second kappa shape index (κ2) is 9.12. The summed E-state index contributed by atoms with van der Waals surface area (Å²) in [5.41, 5.74) is 2.85. The van der Waals surface area contributed by atoms with Gasteiger partial charge in [0.25, 0.3) is 0 Å². The van der Waals surface area contributed by atoms with Crippen molar-refractivity contribution in [1.29, 1.82) is 0 Å². The molecule has 1 aromatic carbocycles. The van der Waals surface area contributed by atoms with Crippen LogP contribution in [0.25, 0.3) is 0 Å². The van der Waals surface area contributed by atoms with E-state index in [0.717, 1.165) is 32.7 Å². The van der Waals surface area contributed by atoms with Crippen LogP contribution in [0.15, 0.2) is 24.3 Å². The Morgan fingerprint density at radius 2 is 2.00 bits per heavy atom. The molecule has 0 radical (unpaired) electrons. The van der Waals surface area contributed by atoms with Crippen LogP contribution in [0.1, 0.15) is 43.7 Å². The van der Waals surface area contributed by atoms with Gasteiger partial charge in [-0.3, -0.25) is 0 Å². The average molecular weight is 249 g/mol. The molecule has 1 N–H and O–H groups in total. The molecular weight excluding hydrogens is 222 g/mol. The second-order valence-corrected chi connectivity index (χ2v) is 4.74. The van der Waals surface area contributed by atoms with E-state index >= 15 is 0 Å². The third-order valence-corrected chi connectivity index (χ3v) is 3.26. The van der Waals surface area contributed by atoms with E-state index < -0.39 is 0 Å². The summed E-state index contributed by atoms with van der Waals surface area (Å²) >= 11 is 0. The Balaban J connectivity index is 2.60. The minimum atomic E-state index is 0.560. The van der Waals surface area contributed by atoms with Gasteiger partial charge in [-0.1, -0.05) is 31.2 Å². The zero-order valence-corrected chi connectivity index (χ0v) is 12.0. The van der Waals surface area contributed by atoms with Crippen molar-refractivity contribution in [2.75, 3.05) is 26.3 Å². The molecule has 1 aromatic rings. The number of rotatable bonds is 9. The van der Waals surface area contributed by atoms with Gasteiger partial charge >= 0.3 is 0 Å². The van der Waals surface area contributed by atoms with E-state index in [1.807, 2.05) is 0 Å². The second-order valence-electron chi connectivity index (χ2n) is 4.74. The highest BCUT2D eigenvalue weighted by molar-refractivity contribution is 5.29. The molecule has 0 spiro atoms. The lowest BCUT2D eigenvalue weighted by Crippen LogP contribution is -2.23. The molecule has 2 heteroatoms. The van der Waals surface area contributed by atoms with Crippen LogP contribution in [0.4, 0.5) is 0 Å². The number of ether oxygens (including phenoxy) is 1. The smallest absolute Gasteiger partial charge is 0.0472 e. The fourth-order valence-electron chi connectivity index (χ4n) is 2.24. The lowest BCUT2D eigenvalue weighted by atomic mass is 9.92. The molecule has 1 atom stereocenters. The Morgan fingerprint density at radius 1 is 1.22 bits per heavy atom. The predicted octanol–water partition coefficient (Wildman–Crippen LogP) is 3.50. The number of benzene rings is 1. The number of hydrogen-bond acceptors (Lipinski definition) is 2. The number of aryl methyl sites for hydroxylation is 1. The molecule has 2 nitrogen and oxygen atoms in total. The van der Waals surface area contributed by atoms with Gasteiger partial charge in [0.05, 0.1) is 0 Å². The lowest BCUT2D eigenvalue weighted by molar-refractivity contribution is 0.139. The Kier molecular flexibility index (Phi) is 7.70. The summed E-state index contributed by atoms with van der Waals surface area (Å²) in [6, 6.07) is 8.69. The fraction of sp³-hybridized carbons (Fsp3) is 0.625. The maximum atomic E-state index is 5.50. The van der Waals surface area contributed by atoms with Crippen molar-refractivity contribution in [2.45, 2.75) is 39.5 Å². The summed E-state index contributed by atoms with van der Waals surface area (Å²) < 4.78 is 5.50. The zero-order valence-electron chi connectivity index (χ0n) is 12.0.